The van der Waals surface area contributed by atoms with Crippen molar-refractivity contribution in [2.24, 2.45) is 5.92 Å². The average molecular weight is 390 g/mol. The molecular weight excluding hydrogens is 369 g/mol. The predicted molar refractivity (Wildman–Crippen MR) is 104 cm³/mol. The van der Waals surface area contributed by atoms with Crippen molar-refractivity contribution in [3.05, 3.63) is 63.1 Å². The quantitative estimate of drug-likeness (QED) is 0.786. The molecule has 2 aromatic carbocycles. The highest BCUT2D eigenvalue weighted by atomic mass is 35.5. The highest BCUT2D eigenvalue weighted by molar-refractivity contribution is 6.35. The zero-order chi connectivity index (χ0) is 18.3. The molecule has 2 atom stereocenters. The summed E-state index contributed by atoms with van der Waals surface area (Å²) < 4.78 is 0. The van der Waals surface area contributed by atoms with E-state index < -0.39 is 0 Å². The highest BCUT2D eigenvalue weighted by Gasteiger charge is 2.38. The van der Waals surface area contributed by atoms with Gasteiger partial charge in [0, 0.05) is 22.5 Å². The van der Waals surface area contributed by atoms with Crippen molar-refractivity contribution in [1.82, 2.24) is 4.90 Å². The van der Waals surface area contributed by atoms with E-state index in [9.17, 15) is 9.90 Å². The van der Waals surface area contributed by atoms with E-state index in [1.54, 1.807) is 12.1 Å². The summed E-state index contributed by atoms with van der Waals surface area (Å²) in [6.07, 6.45) is 4.31. The molecule has 1 aliphatic carbocycles. The van der Waals surface area contributed by atoms with E-state index in [0.29, 0.717) is 22.2 Å². The normalized spacial score (nSPS) is 22.5. The number of rotatable bonds is 3. The molecule has 0 aromatic heterocycles. The lowest BCUT2D eigenvalue weighted by Gasteiger charge is -2.33. The van der Waals surface area contributed by atoms with Crippen LogP contribution >= 0.6 is 23.2 Å². The molecule has 26 heavy (non-hydrogen) atoms. The van der Waals surface area contributed by atoms with Crippen LogP contribution in [0.25, 0.3) is 0 Å². The molecule has 136 valence electrons. The van der Waals surface area contributed by atoms with Gasteiger partial charge in [-0.1, -0.05) is 41.4 Å². The summed E-state index contributed by atoms with van der Waals surface area (Å²) in [7, 11) is 0. The first kappa shape index (κ1) is 17.7. The molecule has 1 saturated heterocycles. The molecule has 1 N–H and O–H groups in total. The number of nitrogens with zero attached hydrogens (tertiary/aromatic N) is 1. The van der Waals surface area contributed by atoms with Crippen molar-refractivity contribution < 1.29 is 9.90 Å². The van der Waals surface area contributed by atoms with E-state index in [1.807, 2.05) is 23.1 Å². The molecule has 1 aliphatic heterocycles. The molecule has 0 spiro atoms. The van der Waals surface area contributed by atoms with Gasteiger partial charge < -0.3 is 10.0 Å². The largest absolute Gasteiger partial charge is 0.508 e. The SMILES string of the molecule is O=C1C(Cc2ccc(Cl)cc2Cl)CCN1C1CCCc2c(O)cccc21. The summed E-state index contributed by atoms with van der Waals surface area (Å²) in [5, 5.41) is 11.4. The Morgan fingerprint density at radius 2 is 2.00 bits per heavy atom. The molecule has 2 unspecified atom stereocenters. The predicted octanol–water partition coefficient (Wildman–Crippen LogP) is 5.17. The minimum Gasteiger partial charge on any atom is -0.508 e. The van der Waals surface area contributed by atoms with Crippen LogP contribution in [0.5, 0.6) is 5.75 Å². The van der Waals surface area contributed by atoms with Crippen molar-refractivity contribution in [1.29, 1.82) is 0 Å². The molecule has 1 heterocycles. The minimum absolute atomic E-state index is 0.0450. The molecule has 2 aliphatic rings. The van der Waals surface area contributed by atoms with Crippen LogP contribution in [0.3, 0.4) is 0 Å². The number of carbonyl (C=O) groups is 1. The Bertz CT molecular complexity index is 852. The van der Waals surface area contributed by atoms with Crippen LogP contribution in [0.1, 0.15) is 42.0 Å². The molecule has 3 nitrogen and oxygen atoms in total. The molecule has 0 bridgehead atoms. The van der Waals surface area contributed by atoms with Crippen molar-refractivity contribution >= 4 is 29.1 Å². The van der Waals surface area contributed by atoms with Gasteiger partial charge in [0.2, 0.25) is 5.91 Å². The fraction of sp³-hybridized carbons (Fsp3) is 0.381. The first-order chi connectivity index (χ1) is 12.5. The number of fused-ring (bicyclic) bond motifs is 1. The molecule has 0 saturated carbocycles. The second-order valence-electron chi connectivity index (χ2n) is 7.21. The van der Waals surface area contributed by atoms with Crippen LogP contribution < -0.4 is 0 Å². The summed E-state index contributed by atoms with van der Waals surface area (Å²) in [6, 6.07) is 11.2. The Hall–Kier alpha value is -1.71. The topological polar surface area (TPSA) is 40.5 Å². The van der Waals surface area contributed by atoms with Crippen molar-refractivity contribution in [3.8, 4) is 5.75 Å². The summed E-state index contributed by atoms with van der Waals surface area (Å²) in [4.78, 5) is 15.1. The molecule has 0 radical (unpaired) electrons. The lowest BCUT2D eigenvalue weighted by Crippen LogP contribution is -2.34. The van der Waals surface area contributed by atoms with Gasteiger partial charge in [-0.2, -0.15) is 0 Å². The van der Waals surface area contributed by atoms with E-state index in [4.69, 9.17) is 23.2 Å². The number of amides is 1. The fourth-order valence-electron chi connectivity index (χ4n) is 4.34. The highest BCUT2D eigenvalue weighted by Crippen LogP contribution is 2.41. The second kappa shape index (κ2) is 7.13. The zero-order valence-electron chi connectivity index (χ0n) is 14.4. The van der Waals surface area contributed by atoms with Gasteiger partial charge in [0.05, 0.1) is 6.04 Å². The van der Waals surface area contributed by atoms with Gasteiger partial charge in [0.25, 0.3) is 0 Å². The van der Waals surface area contributed by atoms with Crippen molar-refractivity contribution in [3.63, 3.8) is 0 Å². The van der Waals surface area contributed by atoms with Gasteiger partial charge in [-0.05, 0) is 67.0 Å². The van der Waals surface area contributed by atoms with E-state index in [0.717, 1.165) is 48.9 Å². The number of halogens is 2. The monoisotopic (exact) mass is 389 g/mol. The Labute approximate surface area is 163 Å². The summed E-state index contributed by atoms with van der Waals surface area (Å²) in [5.41, 5.74) is 3.08. The maximum atomic E-state index is 13.1. The van der Waals surface area contributed by atoms with E-state index in [1.165, 1.54) is 0 Å². The van der Waals surface area contributed by atoms with Crippen molar-refractivity contribution in [2.75, 3.05) is 6.54 Å². The van der Waals surface area contributed by atoms with Crippen LogP contribution in [0.2, 0.25) is 10.0 Å². The zero-order valence-corrected chi connectivity index (χ0v) is 15.9. The molecule has 2 aromatic rings. The third-order valence-corrected chi connectivity index (χ3v) is 6.25. The third kappa shape index (κ3) is 3.19. The van der Waals surface area contributed by atoms with Crippen LogP contribution in [-0.4, -0.2) is 22.5 Å². The number of phenols is 1. The van der Waals surface area contributed by atoms with Gasteiger partial charge in [-0.15, -0.1) is 0 Å². The second-order valence-corrected chi connectivity index (χ2v) is 8.05. The number of hydrogen-bond acceptors (Lipinski definition) is 2. The number of carbonyl (C=O) groups excluding carboxylic acids is 1. The number of aromatic hydroxyl groups is 1. The summed E-state index contributed by atoms with van der Waals surface area (Å²) in [6.45, 7) is 0.758. The Morgan fingerprint density at radius 3 is 2.81 bits per heavy atom. The standard InChI is InChI=1S/C21H21Cl2NO2/c22-15-8-7-13(18(23)12-15)11-14-9-10-24(21(14)26)19-5-1-4-17-16(19)3-2-6-20(17)25/h2-3,6-8,12,14,19,25H,1,4-5,9-11H2. The maximum absolute atomic E-state index is 13.1. The first-order valence-corrected chi connectivity index (χ1v) is 9.85. The molecule has 5 heteroatoms. The molecular formula is C21H21Cl2NO2. The molecule has 1 fully saturated rings. The smallest absolute Gasteiger partial charge is 0.226 e. The first-order valence-electron chi connectivity index (χ1n) is 9.09. The van der Waals surface area contributed by atoms with Crippen LogP contribution in [0, 0.1) is 5.92 Å². The van der Waals surface area contributed by atoms with Crippen LogP contribution in [-0.2, 0) is 17.6 Å². The van der Waals surface area contributed by atoms with Gasteiger partial charge in [0.15, 0.2) is 0 Å². The van der Waals surface area contributed by atoms with Gasteiger partial charge in [-0.3, -0.25) is 4.79 Å². The van der Waals surface area contributed by atoms with Crippen LogP contribution in [0.15, 0.2) is 36.4 Å². The average Bonchev–Trinajstić information content (AvgIpc) is 2.98. The number of phenolic OH excluding ortho intramolecular Hbond substituents is 1. The fourth-order valence-corrected chi connectivity index (χ4v) is 4.83. The Kier molecular flexibility index (Phi) is 4.85. The van der Waals surface area contributed by atoms with Gasteiger partial charge in [0.1, 0.15) is 5.75 Å². The van der Waals surface area contributed by atoms with Crippen LogP contribution in [0.4, 0.5) is 0 Å². The summed E-state index contributed by atoms with van der Waals surface area (Å²) in [5.74, 6) is 0.497. The third-order valence-electron chi connectivity index (χ3n) is 5.66. The van der Waals surface area contributed by atoms with E-state index in [2.05, 4.69) is 6.07 Å². The van der Waals surface area contributed by atoms with Gasteiger partial charge >= 0.3 is 0 Å². The van der Waals surface area contributed by atoms with E-state index in [-0.39, 0.29) is 17.9 Å². The minimum atomic E-state index is -0.0450. The Balaban J connectivity index is 1.54. The number of likely N-dealkylation sites (tertiary alicyclic amines) is 1. The van der Waals surface area contributed by atoms with E-state index >= 15 is 0 Å². The lowest BCUT2D eigenvalue weighted by molar-refractivity contribution is -0.133. The molecule has 1 amide bonds. The number of benzene rings is 2. The van der Waals surface area contributed by atoms with Gasteiger partial charge in [-0.25, -0.2) is 0 Å². The maximum Gasteiger partial charge on any atom is 0.226 e. The lowest BCUT2D eigenvalue weighted by atomic mass is 9.86. The summed E-state index contributed by atoms with van der Waals surface area (Å²) >= 11 is 12.3. The molecule has 4 rings (SSSR count). The number of hydrogen-bond donors (Lipinski definition) is 1. The Morgan fingerprint density at radius 1 is 1.15 bits per heavy atom. The van der Waals surface area contributed by atoms with Crippen molar-refractivity contribution in [2.45, 2.75) is 38.1 Å².